The van der Waals surface area contributed by atoms with Gasteiger partial charge < -0.3 is 0 Å². The Kier molecular flexibility index (Phi) is 4.43. The van der Waals surface area contributed by atoms with Gasteiger partial charge in [0.25, 0.3) is 0 Å². The van der Waals surface area contributed by atoms with Crippen LogP contribution in [0.25, 0.3) is 0 Å². The first-order valence-electron chi connectivity index (χ1n) is 4.63. The molecule has 0 atom stereocenters. The van der Waals surface area contributed by atoms with Crippen LogP contribution in [-0.2, 0) is 4.79 Å². The van der Waals surface area contributed by atoms with E-state index in [4.69, 9.17) is 11.6 Å². The highest BCUT2D eigenvalue weighted by atomic mass is 35.5. The van der Waals surface area contributed by atoms with Gasteiger partial charge in [-0.3, -0.25) is 4.79 Å². The average molecular weight is 241 g/mol. The molecule has 0 spiro atoms. The fourth-order valence-electron chi connectivity index (χ4n) is 1.16. The molecule has 0 fully saturated rings. The second-order valence-electron chi connectivity index (χ2n) is 3.42. The SMILES string of the molecule is CC(=O)C(Sc1ccccc1Cl)=C(C)C. The number of rotatable bonds is 3. The molecule has 0 radical (unpaired) electrons. The van der Waals surface area contributed by atoms with Crippen molar-refractivity contribution in [3.8, 4) is 0 Å². The summed E-state index contributed by atoms with van der Waals surface area (Å²) in [6.45, 7) is 5.44. The molecule has 1 aromatic rings. The number of ketones is 1. The van der Waals surface area contributed by atoms with Crippen LogP contribution in [0.15, 0.2) is 39.6 Å². The lowest BCUT2D eigenvalue weighted by Gasteiger charge is -2.07. The molecule has 0 unspecified atom stereocenters. The quantitative estimate of drug-likeness (QED) is 0.578. The molecule has 15 heavy (non-hydrogen) atoms. The number of halogens is 1. The molecule has 0 heterocycles. The summed E-state index contributed by atoms with van der Waals surface area (Å²) >= 11 is 7.45. The van der Waals surface area contributed by atoms with Crippen LogP contribution in [0.2, 0.25) is 5.02 Å². The molecule has 3 heteroatoms. The summed E-state index contributed by atoms with van der Waals surface area (Å²) in [5, 5.41) is 0.683. The molecule has 80 valence electrons. The first-order valence-corrected chi connectivity index (χ1v) is 5.82. The van der Waals surface area contributed by atoms with Gasteiger partial charge in [0.15, 0.2) is 5.78 Å². The number of hydrogen-bond donors (Lipinski definition) is 0. The van der Waals surface area contributed by atoms with Crippen LogP contribution < -0.4 is 0 Å². The molecule has 0 aromatic heterocycles. The minimum atomic E-state index is 0.0833. The Balaban J connectivity index is 3.00. The van der Waals surface area contributed by atoms with Crippen LogP contribution in [0.3, 0.4) is 0 Å². The van der Waals surface area contributed by atoms with Gasteiger partial charge in [0.1, 0.15) is 0 Å². The van der Waals surface area contributed by atoms with E-state index in [0.29, 0.717) is 5.02 Å². The molecule has 1 nitrogen and oxygen atoms in total. The summed E-state index contributed by atoms with van der Waals surface area (Å²) in [7, 11) is 0. The van der Waals surface area contributed by atoms with E-state index >= 15 is 0 Å². The van der Waals surface area contributed by atoms with E-state index in [0.717, 1.165) is 15.4 Å². The molecular weight excluding hydrogens is 228 g/mol. The summed E-state index contributed by atoms with van der Waals surface area (Å²) in [5.41, 5.74) is 1.02. The molecule has 0 bridgehead atoms. The van der Waals surface area contributed by atoms with Gasteiger partial charge in [-0.15, -0.1) is 0 Å². The molecule has 0 aliphatic rings. The van der Waals surface area contributed by atoms with Gasteiger partial charge in [-0.2, -0.15) is 0 Å². The van der Waals surface area contributed by atoms with Crippen molar-refractivity contribution in [1.82, 2.24) is 0 Å². The summed E-state index contributed by atoms with van der Waals surface area (Å²) in [4.78, 5) is 13.1. The van der Waals surface area contributed by atoms with Gasteiger partial charge in [0.05, 0.1) is 9.93 Å². The van der Waals surface area contributed by atoms with Gasteiger partial charge in [0.2, 0.25) is 0 Å². The zero-order valence-electron chi connectivity index (χ0n) is 9.00. The third-order valence-electron chi connectivity index (χ3n) is 1.82. The predicted octanol–water partition coefficient (Wildman–Crippen LogP) is 4.32. The van der Waals surface area contributed by atoms with Gasteiger partial charge in [-0.25, -0.2) is 0 Å². The highest BCUT2D eigenvalue weighted by Crippen LogP contribution is 2.34. The maximum Gasteiger partial charge on any atom is 0.166 e. The molecule has 0 saturated heterocycles. The van der Waals surface area contributed by atoms with Crippen molar-refractivity contribution in [2.24, 2.45) is 0 Å². The Morgan fingerprint density at radius 3 is 2.27 bits per heavy atom. The number of thioether (sulfide) groups is 1. The Morgan fingerprint density at radius 1 is 1.20 bits per heavy atom. The van der Waals surface area contributed by atoms with Gasteiger partial charge in [-0.05, 0) is 32.9 Å². The van der Waals surface area contributed by atoms with Gasteiger partial charge in [-0.1, -0.05) is 41.1 Å². The van der Waals surface area contributed by atoms with Crippen LogP contribution in [-0.4, -0.2) is 5.78 Å². The monoisotopic (exact) mass is 240 g/mol. The molecule has 1 rings (SSSR count). The predicted molar refractivity (Wildman–Crippen MR) is 66.4 cm³/mol. The highest BCUT2D eigenvalue weighted by molar-refractivity contribution is 8.04. The van der Waals surface area contributed by atoms with Crippen molar-refractivity contribution in [3.63, 3.8) is 0 Å². The van der Waals surface area contributed by atoms with Gasteiger partial charge >= 0.3 is 0 Å². The lowest BCUT2D eigenvalue weighted by molar-refractivity contribution is -0.113. The Morgan fingerprint density at radius 2 is 1.80 bits per heavy atom. The lowest BCUT2D eigenvalue weighted by Crippen LogP contribution is -1.94. The van der Waals surface area contributed by atoms with E-state index in [1.807, 2.05) is 38.1 Å². The van der Waals surface area contributed by atoms with Crippen molar-refractivity contribution in [2.75, 3.05) is 0 Å². The first kappa shape index (κ1) is 12.3. The van der Waals surface area contributed by atoms with Crippen LogP contribution in [0.4, 0.5) is 0 Å². The largest absolute Gasteiger partial charge is 0.294 e. The number of hydrogen-bond acceptors (Lipinski definition) is 2. The molecule has 0 aliphatic carbocycles. The third-order valence-corrected chi connectivity index (χ3v) is 3.74. The zero-order chi connectivity index (χ0) is 11.4. The Bertz CT molecular complexity index is 406. The molecule has 0 amide bonds. The second-order valence-corrected chi connectivity index (χ2v) is 4.88. The maximum atomic E-state index is 11.4. The summed E-state index contributed by atoms with van der Waals surface area (Å²) in [6, 6.07) is 7.53. The number of Topliss-reactive ketones (excluding diaryl/α,β-unsaturated/α-hetero) is 1. The molecule has 0 aliphatic heterocycles. The smallest absolute Gasteiger partial charge is 0.166 e. The number of benzene rings is 1. The van der Waals surface area contributed by atoms with Crippen LogP contribution in [0.1, 0.15) is 20.8 Å². The first-order chi connectivity index (χ1) is 7.02. The standard InChI is InChI=1S/C12H13ClOS/c1-8(2)12(9(3)14)15-11-7-5-4-6-10(11)13/h4-7H,1-3H3. The third kappa shape index (κ3) is 3.40. The molecule has 0 saturated carbocycles. The topological polar surface area (TPSA) is 17.1 Å². The number of carbonyl (C=O) groups is 1. The van der Waals surface area contributed by atoms with E-state index in [1.165, 1.54) is 11.8 Å². The minimum Gasteiger partial charge on any atom is -0.294 e. The summed E-state index contributed by atoms with van der Waals surface area (Å²) < 4.78 is 0. The highest BCUT2D eigenvalue weighted by Gasteiger charge is 2.09. The fraction of sp³-hybridized carbons (Fsp3) is 0.250. The summed E-state index contributed by atoms with van der Waals surface area (Å²) in [5.74, 6) is 0.0833. The van der Waals surface area contributed by atoms with Crippen LogP contribution in [0.5, 0.6) is 0 Å². The van der Waals surface area contributed by atoms with Crippen molar-refractivity contribution < 1.29 is 4.79 Å². The van der Waals surface area contributed by atoms with Crippen LogP contribution in [0, 0.1) is 0 Å². The second kappa shape index (κ2) is 5.38. The Labute approximate surface area is 99.5 Å². The van der Waals surface area contributed by atoms with E-state index in [-0.39, 0.29) is 5.78 Å². The average Bonchev–Trinajstić information content (AvgIpc) is 2.15. The number of allylic oxidation sites excluding steroid dienone is 2. The minimum absolute atomic E-state index is 0.0833. The van der Waals surface area contributed by atoms with E-state index < -0.39 is 0 Å². The van der Waals surface area contributed by atoms with Gasteiger partial charge in [0, 0.05) is 4.90 Å². The molecular formula is C12H13ClOS. The molecule has 0 N–H and O–H groups in total. The lowest BCUT2D eigenvalue weighted by atomic mass is 10.3. The Hall–Kier alpha value is -0.730. The van der Waals surface area contributed by atoms with Crippen molar-refractivity contribution in [1.29, 1.82) is 0 Å². The zero-order valence-corrected chi connectivity index (χ0v) is 10.6. The normalized spacial score (nSPS) is 9.87. The van der Waals surface area contributed by atoms with E-state index in [9.17, 15) is 4.79 Å². The van der Waals surface area contributed by atoms with E-state index in [1.54, 1.807) is 6.92 Å². The van der Waals surface area contributed by atoms with Crippen molar-refractivity contribution in [2.45, 2.75) is 25.7 Å². The number of carbonyl (C=O) groups excluding carboxylic acids is 1. The molecule has 1 aromatic carbocycles. The van der Waals surface area contributed by atoms with Crippen molar-refractivity contribution >= 4 is 29.1 Å². The fourth-order valence-corrected chi connectivity index (χ4v) is 2.29. The van der Waals surface area contributed by atoms with Crippen molar-refractivity contribution in [3.05, 3.63) is 39.8 Å². The maximum absolute atomic E-state index is 11.4. The van der Waals surface area contributed by atoms with E-state index in [2.05, 4.69) is 0 Å². The van der Waals surface area contributed by atoms with Crippen LogP contribution >= 0.6 is 23.4 Å². The summed E-state index contributed by atoms with van der Waals surface area (Å²) in [6.07, 6.45) is 0.